The van der Waals surface area contributed by atoms with E-state index in [9.17, 15) is 9.59 Å². The number of hydrogen-bond donors (Lipinski definition) is 1. The lowest BCUT2D eigenvalue weighted by Crippen LogP contribution is -2.38. The Hall–Kier alpha value is -3.30. The van der Waals surface area contributed by atoms with Crippen LogP contribution >= 0.6 is 0 Å². The van der Waals surface area contributed by atoms with E-state index in [0.29, 0.717) is 31.0 Å². The van der Waals surface area contributed by atoms with E-state index in [-0.39, 0.29) is 17.5 Å². The molecule has 1 amide bonds. The number of nitrogens with zero attached hydrogens (tertiary/aromatic N) is 7. The van der Waals surface area contributed by atoms with E-state index in [1.165, 1.54) is 0 Å². The monoisotopic (exact) mass is 368 g/mol. The van der Waals surface area contributed by atoms with E-state index in [4.69, 9.17) is 0 Å². The Labute approximate surface area is 154 Å². The molecule has 3 aromatic heterocycles. The van der Waals surface area contributed by atoms with Crippen molar-refractivity contribution < 1.29 is 4.79 Å². The second kappa shape index (κ2) is 7.14. The summed E-state index contributed by atoms with van der Waals surface area (Å²) >= 11 is 0. The molecule has 0 bridgehead atoms. The second-order valence-corrected chi connectivity index (χ2v) is 6.47. The smallest absolute Gasteiger partial charge is 0.339 e. The summed E-state index contributed by atoms with van der Waals surface area (Å²) < 4.78 is 3.34. The maximum Gasteiger partial charge on any atom is 0.343 e. The van der Waals surface area contributed by atoms with Gasteiger partial charge in [-0.1, -0.05) is 0 Å². The van der Waals surface area contributed by atoms with E-state index < -0.39 is 0 Å². The van der Waals surface area contributed by atoms with Gasteiger partial charge in [0.05, 0.1) is 5.56 Å². The summed E-state index contributed by atoms with van der Waals surface area (Å²) in [7, 11) is 0. The number of nitrogens with one attached hydrogen (secondary N) is 1. The molecular formula is C17H20N8O2. The number of amides is 1. The van der Waals surface area contributed by atoms with Gasteiger partial charge in [0.25, 0.3) is 5.91 Å². The van der Waals surface area contributed by atoms with E-state index in [1.807, 2.05) is 11.8 Å². The van der Waals surface area contributed by atoms with Gasteiger partial charge in [-0.25, -0.2) is 14.9 Å². The van der Waals surface area contributed by atoms with Crippen LogP contribution in [-0.2, 0) is 6.54 Å². The fourth-order valence-electron chi connectivity index (χ4n) is 3.45. The first-order chi connectivity index (χ1) is 13.2. The van der Waals surface area contributed by atoms with Gasteiger partial charge in [0.2, 0.25) is 0 Å². The zero-order chi connectivity index (χ0) is 18.8. The zero-order valence-electron chi connectivity index (χ0n) is 14.9. The Morgan fingerprint density at radius 1 is 1.22 bits per heavy atom. The van der Waals surface area contributed by atoms with Crippen LogP contribution in [0.3, 0.4) is 0 Å². The minimum atomic E-state index is -0.176. The van der Waals surface area contributed by atoms with Crippen molar-refractivity contribution in [3.05, 3.63) is 52.9 Å². The summed E-state index contributed by atoms with van der Waals surface area (Å²) in [5.41, 5.74) is 0.376. The maximum absolute atomic E-state index is 12.7. The first-order valence-corrected chi connectivity index (χ1v) is 8.92. The molecule has 0 radical (unpaired) electrons. The van der Waals surface area contributed by atoms with Crippen molar-refractivity contribution in [3.8, 4) is 5.82 Å². The molecule has 0 atom stereocenters. The van der Waals surface area contributed by atoms with Crippen LogP contribution in [0.5, 0.6) is 0 Å². The molecule has 0 saturated carbocycles. The van der Waals surface area contributed by atoms with Crippen molar-refractivity contribution in [2.75, 3.05) is 13.1 Å². The molecule has 4 heterocycles. The molecule has 0 spiro atoms. The third-order valence-electron chi connectivity index (χ3n) is 4.93. The lowest BCUT2D eigenvalue weighted by Gasteiger charge is -2.31. The van der Waals surface area contributed by atoms with Crippen LogP contribution in [0, 0.1) is 0 Å². The molecule has 1 N–H and O–H groups in total. The third kappa shape index (κ3) is 3.25. The second-order valence-electron chi connectivity index (χ2n) is 6.47. The first-order valence-electron chi connectivity index (χ1n) is 8.92. The number of carbonyl (C=O) groups is 1. The number of likely N-dealkylation sites (tertiary alicyclic amines) is 1. The van der Waals surface area contributed by atoms with Gasteiger partial charge in [0, 0.05) is 31.7 Å². The van der Waals surface area contributed by atoms with Crippen molar-refractivity contribution in [1.82, 2.24) is 39.4 Å². The number of H-pyrrole nitrogens is 1. The van der Waals surface area contributed by atoms with Gasteiger partial charge in [-0.3, -0.25) is 13.9 Å². The minimum Gasteiger partial charge on any atom is -0.339 e. The number of aromatic amines is 1. The summed E-state index contributed by atoms with van der Waals surface area (Å²) in [4.78, 5) is 30.6. The molecule has 27 heavy (non-hydrogen) atoms. The van der Waals surface area contributed by atoms with Gasteiger partial charge in [-0.2, -0.15) is 5.10 Å². The van der Waals surface area contributed by atoms with Crippen LogP contribution in [0.2, 0.25) is 0 Å². The van der Waals surface area contributed by atoms with Crippen molar-refractivity contribution >= 4 is 5.91 Å². The Kier molecular flexibility index (Phi) is 4.53. The van der Waals surface area contributed by atoms with Crippen molar-refractivity contribution in [3.63, 3.8) is 0 Å². The molecule has 0 aliphatic carbocycles. The molecule has 1 aliphatic rings. The highest BCUT2D eigenvalue weighted by molar-refractivity contribution is 5.94. The van der Waals surface area contributed by atoms with E-state index in [0.717, 1.165) is 18.7 Å². The number of rotatable bonds is 4. The average molecular weight is 368 g/mol. The molecule has 10 heteroatoms. The molecule has 140 valence electrons. The van der Waals surface area contributed by atoms with E-state index in [1.54, 1.807) is 40.1 Å². The van der Waals surface area contributed by atoms with Gasteiger partial charge in [-0.05, 0) is 31.9 Å². The van der Waals surface area contributed by atoms with E-state index >= 15 is 0 Å². The molecular weight excluding hydrogens is 348 g/mol. The number of piperidine rings is 1. The van der Waals surface area contributed by atoms with Crippen molar-refractivity contribution in [1.29, 1.82) is 0 Å². The SMILES string of the molecule is CCn1c(C2CCN(C(=O)c3ccc(-n4cnnc4)nc3)CC2)n[nH]c1=O. The molecule has 4 rings (SSSR count). The Morgan fingerprint density at radius 3 is 2.59 bits per heavy atom. The Morgan fingerprint density at radius 2 is 1.96 bits per heavy atom. The lowest BCUT2D eigenvalue weighted by atomic mass is 9.95. The summed E-state index contributed by atoms with van der Waals surface area (Å²) in [5.74, 6) is 1.59. The van der Waals surface area contributed by atoms with Crippen LogP contribution in [0.25, 0.3) is 5.82 Å². The first kappa shape index (κ1) is 17.1. The summed E-state index contributed by atoms with van der Waals surface area (Å²) in [5, 5.41) is 14.2. The summed E-state index contributed by atoms with van der Waals surface area (Å²) in [6.45, 7) is 3.77. The number of pyridine rings is 1. The highest BCUT2D eigenvalue weighted by atomic mass is 16.2. The minimum absolute atomic E-state index is 0.0360. The molecule has 0 unspecified atom stereocenters. The molecule has 10 nitrogen and oxygen atoms in total. The molecule has 3 aromatic rings. The topological polar surface area (TPSA) is 115 Å². The van der Waals surface area contributed by atoms with Crippen LogP contribution in [0.15, 0.2) is 35.8 Å². The molecule has 1 aliphatic heterocycles. The van der Waals surface area contributed by atoms with Gasteiger partial charge >= 0.3 is 5.69 Å². The highest BCUT2D eigenvalue weighted by Gasteiger charge is 2.27. The van der Waals surface area contributed by atoms with Crippen molar-refractivity contribution in [2.24, 2.45) is 0 Å². The van der Waals surface area contributed by atoms with E-state index in [2.05, 4.69) is 25.4 Å². The standard InChI is InChI=1S/C17H20N8O2/c1-2-25-15(21-22-17(25)27)12-5-7-23(8-6-12)16(26)13-3-4-14(18-9-13)24-10-19-20-11-24/h3-4,9-12H,2,5-8H2,1H3,(H,22,27). The number of carbonyl (C=O) groups excluding carboxylic acids is 1. The predicted molar refractivity (Wildman–Crippen MR) is 95.6 cm³/mol. The van der Waals surface area contributed by atoms with Gasteiger partial charge in [-0.15, -0.1) is 10.2 Å². The number of aromatic nitrogens is 7. The van der Waals surface area contributed by atoms with Crippen LogP contribution in [-0.4, -0.2) is 58.4 Å². The van der Waals surface area contributed by atoms with Crippen LogP contribution in [0.4, 0.5) is 0 Å². The summed E-state index contributed by atoms with van der Waals surface area (Å²) in [6.07, 6.45) is 6.25. The molecule has 1 saturated heterocycles. The van der Waals surface area contributed by atoms with Gasteiger partial charge < -0.3 is 4.90 Å². The normalized spacial score (nSPS) is 15.2. The highest BCUT2D eigenvalue weighted by Crippen LogP contribution is 2.26. The largest absolute Gasteiger partial charge is 0.343 e. The number of hydrogen-bond acceptors (Lipinski definition) is 6. The van der Waals surface area contributed by atoms with Crippen molar-refractivity contribution in [2.45, 2.75) is 32.2 Å². The molecule has 1 fully saturated rings. The third-order valence-corrected chi connectivity index (χ3v) is 4.93. The maximum atomic E-state index is 12.7. The molecule has 0 aromatic carbocycles. The fourth-order valence-corrected chi connectivity index (χ4v) is 3.45. The van der Waals surface area contributed by atoms with Gasteiger partial charge in [0.15, 0.2) is 0 Å². The Balaban J connectivity index is 1.42. The average Bonchev–Trinajstić information content (AvgIpc) is 3.37. The van der Waals surface area contributed by atoms with Crippen LogP contribution in [0.1, 0.15) is 41.9 Å². The van der Waals surface area contributed by atoms with Crippen LogP contribution < -0.4 is 5.69 Å². The zero-order valence-corrected chi connectivity index (χ0v) is 14.9. The fraction of sp³-hybridized carbons (Fsp3) is 0.412. The summed E-state index contributed by atoms with van der Waals surface area (Å²) in [6, 6.07) is 3.53. The van der Waals surface area contributed by atoms with Gasteiger partial charge in [0.1, 0.15) is 24.3 Å². The Bertz CT molecular complexity index is 965. The predicted octanol–water partition coefficient (Wildman–Crippen LogP) is 0.587. The quantitative estimate of drug-likeness (QED) is 0.721. The lowest BCUT2D eigenvalue weighted by molar-refractivity contribution is 0.0710.